The summed E-state index contributed by atoms with van der Waals surface area (Å²) in [6, 6.07) is 5.70. The van der Waals surface area contributed by atoms with Crippen LogP contribution in [-0.2, 0) is 10.0 Å². The summed E-state index contributed by atoms with van der Waals surface area (Å²) < 4.78 is 26.5. The molecule has 0 heterocycles. The minimum absolute atomic E-state index is 0.138. The third-order valence-corrected chi connectivity index (χ3v) is 5.00. The third-order valence-electron chi connectivity index (χ3n) is 3.13. The van der Waals surface area contributed by atoms with Crippen LogP contribution < -0.4 is 4.72 Å². The molecule has 0 saturated heterocycles. The molecule has 0 bridgehead atoms. The second-order valence-electron chi connectivity index (χ2n) is 4.44. The van der Waals surface area contributed by atoms with Gasteiger partial charge in [-0.15, -0.1) is 0 Å². The van der Waals surface area contributed by atoms with Crippen LogP contribution in [0.5, 0.6) is 0 Å². The summed E-state index contributed by atoms with van der Waals surface area (Å²) >= 11 is 0. The van der Waals surface area contributed by atoms with Gasteiger partial charge in [0.15, 0.2) is 0 Å². The molecule has 1 aromatic rings. The zero-order chi connectivity index (χ0) is 13.2. The first kappa shape index (κ1) is 12.9. The van der Waals surface area contributed by atoms with Crippen molar-refractivity contribution in [2.75, 3.05) is 4.72 Å². The van der Waals surface area contributed by atoms with Gasteiger partial charge >= 0.3 is 5.97 Å². The van der Waals surface area contributed by atoms with E-state index in [4.69, 9.17) is 5.11 Å². The van der Waals surface area contributed by atoms with Crippen LogP contribution in [0.4, 0.5) is 5.69 Å². The van der Waals surface area contributed by atoms with Crippen LogP contribution >= 0.6 is 0 Å². The minimum Gasteiger partial charge on any atom is -0.478 e. The third kappa shape index (κ3) is 2.81. The summed E-state index contributed by atoms with van der Waals surface area (Å²) in [5.41, 5.74) is 0.547. The average molecular weight is 269 g/mol. The molecule has 0 atom stereocenters. The van der Waals surface area contributed by atoms with Crippen LogP contribution in [0.1, 0.15) is 36.0 Å². The number of anilines is 1. The Morgan fingerprint density at radius 2 is 1.72 bits per heavy atom. The summed E-state index contributed by atoms with van der Waals surface area (Å²) in [4.78, 5) is 10.7. The highest BCUT2D eigenvalue weighted by atomic mass is 32.2. The van der Waals surface area contributed by atoms with E-state index in [1.807, 2.05) is 0 Å². The van der Waals surface area contributed by atoms with Crippen molar-refractivity contribution in [3.8, 4) is 0 Å². The number of carboxylic acids is 1. The molecule has 2 N–H and O–H groups in total. The van der Waals surface area contributed by atoms with Crippen molar-refractivity contribution >= 4 is 21.7 Å². The zero-order valence-electron chi connectivity index (χ0n) is 9.80. The molecular formula is C12H15NO4S. The second kappa shape index (κ2) is 4.97. The second-order valence-corrected chi connectivity index (χ2v) is 6.40. The van der Waals surface area contributed by atoms with Gasteiger partial charge in [-0.2, -0.15) is 0 Å². The van der Waals surface area contributed by atoms with Crippen LogP contribution in [0.3, 0.4) is 0 Å². The Morgan fingerprint density at radius 1 is 1.17 bits per heavy atom. The fourth-order valence-corrected chi connectivity index (χ4v) is 3.71. The van der Waals surface area contributed by atoms with Crippen molar-refractivity contribution in [3.05, 3.63) is 29.8 Å². The molecule has 0 aliphatic heterocycles. The summed E-state index contributed by atoms with van der Waals surface area (Å²) in [7, 11) is -3.34. The van der Waals surface area contributed by atoms with Gasteiger partial charge in [-0.1, -0.05) is 12.8 Å². The summed E-state index contributed by atoms with van der Waals surface area (Å²) in [5.74, 6) is -1.03. The molecule has 0 spiro atoms. The van der Waals surface area contributed by atoms with Gasteiger partial charge in [-0.05, 0) is 37.1 Å². The van der Waals surface area contributed by atoms with E-state index >= 15 is 0 Å². The molecule has 98 valence electrons. The standard InChI is InChI=1S/C12H15NO4S/c14-12(15)9-5-7-10(8-6-9)13-18(16,17)11-3-1-2-4-11/h5-8,11,13H,1-4H2,(H,14,15). The molecule has 0 amide bonds. The Kier molecular flexibility index (Phi) is 3.56. The number of carbonyl (C=O) groups is 1. The Morgan fingerprint density at radius 3 is 2.22 bits per heavy atom. The van der Waals surface area contributed by atoms with Crippen LogP contribution in [0.25, 0.3) is 0 Å². The summed E-state index contributed by atoms with van der Waals surface area (Å²) in [6.45, 7) is 0. The molecule has 2 rings (SSSR count). The Bertz CT molecular complexity index is 530. The number of hydrogen-bond acceptors (Lipinski definition) is 3. The van der Waals surface area contributed by atoms with Crippen LogP contribution in [-0.4, -0.2) is 24.7 Å². The Hall–Kier alpha value is -1.56. The number of benzene rings is 1. The van der Waals surface area contributed by atoms with Crippen molar-refractivity contribution in [3.63, 3.8) is 0 Å². The molecular weight excluding hydrogens is 254 g/mol. The van der Waals surface area contributed by atoms with Crippen LogP contribution in [0.2, 0.25) is 0 Å². The molecule has 0 radical (unpaired) electrons. The van der Waals surface area contributed by atoms with Gasteiger partial charge < -0.3 is 5.11 Å². The van der Waals surface area contributed by atoms with E-state index in [2.05, 4.69) is 4.72 Å². The Labute approximate surface area is 106 Å². The molecule has 0 unspecified atom stereocenters. The lowest BCUT2D eigenvalue weighted by Gasteiger charge is -2.13. The molecule has 1 aliphatic rings. The lowest BCUT2D eigenvalue weighted by molar-refractivity contribution is 0.0697. The monoisotopic (exact) mass is 269 g/mol. The molecule has 18 heavy (non-hydrogen) atoms. The smallest absolute Gasteiger partial charge is 0.335 e. The maximum absolute atomic E-state index is 12.0. The van der Waals surface area contributed by atoms with Gasteiger partial charge in [0.25, 0.3) is 0 Å². The first-order valence-electron chi connectivity index (χ1n) is 5.84. The van der Waals surface area contributed by atoms with Crippen molar-refractivity contribution in [1.82, 2.24) is 0 Å². The normalized spacial score (nSPS) is 16.7. The molecule has 0 aromatic heterocycles. The van der Waals surface area contributed by atoms with E-state index < -0.39 is 16.0 Å². The molecule has 5 nitrogen and oxygen atoms in total. The number of sulfonamides is 1. The minimum atomic E-state index is -3.34. The summed E-state index contributed by atoms with van der Waals surface area (Å²) in [5, 5.41) is 8.42. The summed E-state index contributed by atoms with van der Waals surface area (Å²) in [6.07, 6.45) is 3.29. The van der Waals surface area contributed by atoms with Gasteiger partial charge in [-0.25, -0.2) is 13.2 Å². The first-order chi connectivity index (χ1) is 8.49. The van der Waals surface area contributed by atoms with Crippen molar-refractivity contribution in [1.29, 1.82) is 0 Å². The molecule has 1 aliphatic carbocycles. The van der Waals surface area contributed by atoms with Gasteiger partial charge in [0.05, 0.1) is 10.8 Å². The fraction of sp³-hybridized carbons (Fsp3) is 0.417. The van der Waals surface area contributed by atoms with Gasteiger partial charge in [-0.3, -0.25) is 4.72 Å². The molecule has 6 heteroatoms. The fourth-order valence-electron chi connectivity index (χ4n) is 2.13. The predicted octanol–water partition coefficient (Wildman–Crippen LogP) is 2.07. The largest absolute Gasteiger partial charge is 0.478 e. The first-order valence-corrected chi connectivity index (χ1v) is 7.39. The SMILES string of the molecule is O=C(O)c1ccc(NS(=O)(=O)C2CCCC2)cc1. The predicted molar refractivity (Wildman–Crippen MR) is 68.2 cm³/mol. The quantitative estimate of drug-likeness (QED) is 0.876. The van der Waals surface area contributed by atoms with Gasteiger partial charge in [0, 0.05) is 5.69 Å². The van der Waals surface area contributed by atoms with E-state index in [0.717, 1.165) is 12.8 Å². The molecule has 1 aromatic carbocycles. The topological polar surface area (TPSA) is 83.5 Å². The Balaban J connectivity index is 2.11. The maximum Gasteiger partial charge on any atom is 0.335 e. The van der Waals surface area contributed by atoms with Gasteiger partial charge in [0.1, 0.15) is 0 Å². The maximum atomic E-state index is 12.0. The van der Waals surface area contributed by atoms with Crippen molar-refractivity contribution < 1.29 is 18.3 Å². The number of rotatable bonds is 4. The van der Waals surface area contributed by atoms with E-state index in [0.29, 0.717) is 18.5 Å². The highest BCUT2D eigenvalue weighted by molar-refractivity contribution is 7.93. The number of carboxylic acid groups (broad SMARTS) is 1. The lowest BCUT2D eigenvalue weighted by atomic mass is 10.2. The molecule has 1 saturated carbocycles. The lowest BCUT2D eigenvalue weighted by Crippen LogP contribution is -2.25. The number of aromatic carboxylic acids is 1. The van der Waals surface area contributed by atoms with Gasteiger partial charge in [0.2, 0.25) is 10.0 Å². The highest BCUT2D eigenvalue weighted by Gasteiger charge is 2.28. The highest BCUT2D eigenvalue weighted by Crippen LogP contribution is 2.26. The van der Waals surface area contributed by atoms with E-state index in [9.17, 15) is 13.2 Å². The average Bonchev–Trinajstić information content (AvgIpc) is 2.83. The number of hydrogen-bond donors (Lipinski definition) is 2. The van der Waals surface area contributed by atoms with Crippen molar-refractivity contribution in [2.24, 2.45) is 0 Å². The van der Waals surface area contributed by atoms with Crippen LogP contribution in [0.15, 0.2) is 24.3 Å². The van der Waals surface area contributed by atoms with Crippen molar-refractivity contribution in [2.45, 2.75) is 30.9 Å². The van der Waals surface area contributed by atoms with E-state index in [1.165, 1.54) is 24.3 Å². The number of nitrogens with one attached hydrogen (secondary N) is 1. The molecule has 1 fully saturated rings. The van der Waals surface area contributed by atoms with Crippen LogP contribution in [0, 0.1) is 0 Å². The van der Waals surface area contributed by atoms with E-state index in [-0.39, 0.29) is 10.8 Å². The van der Waals surface area contributed by atoms with E-state index in [1.54, 1.807) is 0 Å². The zero-order valence-corrected chi connectivity index (χ0v) is 10.6.